The number of aliphatic hydroxyl groups is 2. The minimum atomic E-state index is -1.44. The number of aryl methyl sites for hydroxylation is 1. The molecule has 36 heavy (non-hydrogen) atoms. The number of hydrogen-bond acceptors (Lipinski definition) is 8. The van der Waals surface area contributed by atoms with Gasteiger partial charge < -0.3 is 24.4 Å². The molecule has 3 aromatic rings. The summed E-state index contributed by atoms with van der Waals surface area (Å²) in [6.07, 6.45) is -3.44. The van der Waals surface area contributed by atoms with Crippen LogP contribution in [-0.2, 0) is 14.2 Å². The Bertz CT molecular complexity index is 1350. The van der Waals surface area contributed by atoms with Crippen molar-refractivity contribution in [2.45, 2.75) is 37.2 Å². The van der Waals surface area contributed by atoms with E-state index in [0.717, 1.165) is 26.8 Å². The Balaban J connectivity index is 1.36. The summed E-state index contributed by atoms with van der Waals surface area (Å²) in [5, 5.41) is 20.3. The molecule has 1 aliphatic carbocycles. The number of ether oxygens (including phenoxy) is 3. The van der Waals surface area contributed by atoms with Crippen LogP contribution in [0.25, 0.3) is 11.1 Å². The third kappa shape index (κ3) is 4.23. The Morgan fingerprint density at radius 1 is 1.11 bits per heavy atom. The highest BCUT2D eigenvalue weighted by atomic mass is 16.7. The Labute approximate surface area is 205 Å². The number of H-pyrrole nitrogens is 1. The lowest BCUT2D eigenvalue weighted by Gasteiger charge is -2.39. The molecule has 1 aromatic heterocycles. The number of rotatable bonds is 5. The Morgan fingerprint density at radius 2 is 1.75 bits per heavy atom. The van der Waals surface area contributed by atoms with Crippen LogP contribution in [0.15, 0.2) is 64.3 Å². The van der Waals surface area contributed by atoms with Crippen molar-refractivity contribution in [1.82, 2.24) is 9.55 Å². The molecule has 2 aromatic carbocycles. The second-order valence-electron chi connectivity index (χ2n) is 8.96. The second-order valence-corrected chi connectivity index (χ2v) is 8.96. The molecule has 0 spiro atoms. The predicted octanol–water partition coefficient (Wildman–Crippen LogP) is 1.47. The van der Waals surface area contributed by atoms with E-state index in [1.807, 2.05) is 48.5 Å². The summed E-state index contributed by atoms with van der Waals surface area (Å²) in [6, 6.07) is 14.8. The van der Waals surface area contributed by atoms with Crippen molar-refractivity contribution in [3.05, 3.63) is 92.3 Å². The van der Waals surface area contributed by atoms with Crippen molar-refractivity contribution in [2.75, 3.05) is 19.8 Å². The van der Waals surface area contributed by atoms with Crippen LogP contribution >= 0.6 is 0 Å². The molecule has 0 amide bonds. The van der Waals surface area contributed by atoms with Gasteiger partial charge >= 0.3 is 11.8 Å². The minimum absolute atomic E-state index is 0.0119. The van der Waals surface area contributed by atoms with Gasteiger partial charge in [-0.2, -0.15) is 0 Å². The number of aliphatic hydroxyl groups excluding tert-OH is 2. The molecule has 0 bridgehead atoms. The molecule has 2 heterocycles. The smallest absolute Gasteiger partial charge is 0.433 e. The number of benzene rings is 2. The maximum Gasteiger partial charge on any atom is 0.508 e. The summed E-state index contributed by atoms with van der Waals surface area (Å²) in [5.74, 6) is -0.185. The normalized spacial score (nSPS) is 23.1. The van der Waals surface area contributed by atoms with E-state index in [2.05, 4.69) is 4.98 Å². The maximum absolute atomic E-state index is 12.8. The lowest BCUT2D eigenvalue weighted by atomic mass is 9.97. The van der Waals surface area contributed by atoms with Crippen LogP contribution < -0.4 is 11.2 Å². The summed E-state index contributed by atoms with van der Waals surface area (Å²) in [5.41, 5.74) is 3.19. The number of aromatic amines is 1. The summed E-state index contributed by atoms with van der Waals surface area (Å²) < 4.78 is 17.6. The fourth-order valence-corrected chi connectivity index (χ4v) is 4.97. The molecular weight excluding hydrogens is 468 g/mol. The number of hydrogen-bond donors (Lipinski definition) is 3. The average molecular weight is 495 g/mol. The number of nitrogens with one attached hydrogen (secondary N) is 1. The van der Waals surface area contributed by atoms with Crippen molar-refractivity contribution in [2.24, 2.45) is 0 Å². The molecule has 0 saturated carbocycles. The van der Waals surface area contributed by atoms with Gasteiger partial charge in [0.2, 0.25) is 0 Å². The van der Waals surface area contributed by atoms with Crippen LogP contribution in [0.1, 0.15) is 28.7 Å². The Hall–Kier alpha value is -3.73. The first-order valence-corrected chi connectivity index (χ1v) is 11.6. The average Bonchev–Trinajstić information content (AvgIpc) is 3.20. The fourth-order valence-electron chi connectivity index (χ4n) is 4.97. The van der Waals surface area contributed by atoms with Crippen LogP contribution in [-0.4, -0.2) is 64.1 Å². The van der Waals surface area contributed by atoms with Crippen LogP contribution in [0.3, 0.4) is 0 Å². The molecule has 1 saturated heterocycles. The van der Waals surface area contributed by atoms with E-state index >= 15 is 0 Å². The molecule has 3 N–H and O–H groups in total. The molecule has 188 valence electrons. The molecule has 5 rings (SSSR count). The van der Waals surface area contributed by atoms with Crippen LogP contribution in [0.2, 0.25) is 0 Å². The molecule has 0 unspecified atom stereocenters. The first kappa shape index (κ1) is 24.0. The topological polar surface area (TPSA) is 140 Å². The molecule has 1 fully saturated rings. The number of carbonyl (C=O) groups excluding carboxylic acids is 1. The number of fused-ring (bicyclic) bond motifs is 3. The van der Waals surface area contributed by atoms with Gasteiger partial charge in [-0.25, -0.2) is 9.59 Å². The van der Waals surface area contributed by atoms with Crippen LogP contribution in [0.5, 0.6) is 0 Å². The molecule has 0 radical (unpaired) electrons. The van der Waals surface area contributed by atoms with Crippen LogP contribution in [0, 0.1) is 6.92 Å². The summed E-state index contributed by atoms with van der Waals surface area (Å²) in [7, 11) is 0. The fraction of sp³-hybridized carbons (Fsp3) is 0.346. The van der Waals surface area contributed by atoms with Gasteiger partial charge in [-0.15, -0.1) is 0 Å². The quantitative estimate of drug-likeness (QED) is 0.453. The first-order valence-electron chi connectivity index (χ1n) is 11.6. The van der Waals surface area contributed by atoms with Gasteiger partial charge in [0.25, 0.3) is 5.56 Å². The molecule has 10 nitrogen and oxygen atoms in total. The summed E-state index contributed by atoms with van der Waals surface area (Å²) in [6.45, 7) is 0.873. The Morgan fingerprint density at radius 3 is 2.39 bits per heavy atom. The molecule has 10 heteroatoms. The number of nitrogens with zero attached hydrogens (tertiary/aromatic N) is 1. The van der Waals surface area contributed by atoms with Crippen molar-refractivity contribution < 1.29 is 29.2 Å². The van der Waals surface area contributed by atoms with Gasteiger partial charge in [-0.3, -0.25) is 14.3 Å². The second kappa shape index (κ2) is 9.73. The van der Waals surface area contributed by atoms with E-state index in [1.54, 1.807) is 0 Å². The lowest BCUT2D eigenvalue weighted by molar-refractivity contribution is -0.176. The maximum atomic E-state index is 12.8. The highest BCUT2D eigenvalue weighted by molar-refractivity contribution is 5.78. The van der Waals surface area contributed by atoms with Gasteiger partial charge in [0, 0.05) is 17.7 Å². The molecule has 4 atom stereocenters. The monoisotopic (exact) mass is 494 g/mol. The van der Waals surface area contributed by atoms with Crippen molar-refractivity contribution >= 4 is 6.16 Å². The number of carbonyl (C=O) groups is 1. The predicted molar refractivity (Wildman–Crippen MR) is 128 cm³/mol. The first-order chi connectivity index (χ1) is 17.4. The van der Waals surface area contributed by atoms with Crippen molar-refractivity contribution in [1.29, 1.82) is 0 Å². The zero-order valence-electron chi connectivity index (χ0n) is 19.5. The zero-order valence-corrected chi connectivity index (χ0v) is 19.5. The standard InChI is InChI=1S/C26H26N2O8/c1-14-10-28(25(32)27-24(14)31)20-13-34-21(11-29)22(30)23(20)36-26(33)35-12-19-17-8-4-2-6-15(17)16-7-3-5-9-18(16)19/h2-10,19-23,29-30H,11-13H2,1H3,(H,27,31,32)/t20-,21-,22-,23+/m1/s1. The van der Waals surface area contributed by atoms with Crippen molar-refractivity contribution in [3.8, 4) is 11.1 Å². The van der Waals surface area contributed by atoms with Crippen LogP contribution in [0.4, 0.5) is 4.79 Å². The van der Waals surface area contributed by atoms with Gasteiger partial charge in [0.05, 0.1) is 13.2 Å². The van der Waals surface area contributed by atoms with Gasteiger partial charge in [-0.05, 0) is 29.2 Å². The summed E-state index contributed by atoms with van der Waals surface area (Å²) >= 11 is 0. The number of aromatic nitrogens is 2. The minimum Gasteiger partial charge on any atom is -0.433 e. The molecule has 2 aliphatic rings. The van der Waals surface area contributed by atoms with E-state index in [1.165, 1.54) is 13.1 Å². The van der Waals surface area contributed by atoms with E-state index in [9.17, 15) is 24.6 Å². The highest BCUT2D eigenvalue weighted by Gasteiger charge is 2.44. The van der Waals surface area contributed by atoms with E-state index in [-0.39, 0.29) is 24.7 Å². The van der Waals surface area contributed by atoms with Crippen molar-refractivity contribution in [3.63, 3.8) is 0 Å². The van der Waals surface area contributed by atoms with Gasteiger partial charge in [0.15, 0.2) is 6.10 Å². The van der Waals surface area contributed by atoms with E-state index in [4.69, 9.17) is 14.2 Å². The zero-order chi connectivity index (χ0) is 25.4. The largest absolute Gasteiger partial charge is 0.508 e. The molecule has 1 aliphatic heterocycles. The highest BCUT2D eigenvalue weighted by Crippen LogP contribution is 2.44. The van der Waals surface area contributed by atoms with E-state index in [0.29, 0.717) is 0 Å². The third-order valence-electron chi connectivity index (χ3n) is 6.82. The van der Waals surface area contributed by atoms with Gasteiger partial charge in [-0.1, -0.05) is 48.5 Å². The van der Waals surface area contributed by atoms with E-state index < -0.39 is 48.4 Å². The van der Waals surface area contributed by atoms with Gasteiger partial charge in [0.1, 0.15) is 24.9 Å². The Kier molecular flexibility index (Phi) is 6.48. The SMILES string of the molecule is Cc1cn([C@@H]2CO[C@H](CO)[C@@H](O)[C@H]2OC(=O)OCC2c3ccccc3-c3ccccc32)c(=O)[nH]c1=O. The lowest BCUT2D eigenvalue weighted by Crippen LogP contribution is -2.55. The molecular formula is C26H26N2O8. The summed E-state index contributed by atoms with van der Waals surface area (Å²) in [4.78, 5) is 39.3. The third-order valence-corrected chi connectivity index (χ3v) is 6.82.